The van der Waals surface area contributed by atoms with E-state index in [0.717, 1.165) is 54.5 Å². The molecular formula is C32H39NO20. The first-order valence-corrected chi connectivity index (χ1v) is 15.9. The largest absolute Gasteiger partial charge is 0.463 e. The van der Waals surface area contributed by atoms with E-state index in [0.29, 0.717) is 0 Å². The van der Waals surface area contributed by atoms with Gasteiger partial charge in [-0.1, -0.05) is 12.1 Å². The van der Waals surface area contributed by atoms with Crippen LogP contribution in [0.3, 0.4) is 0 Å². The van der Waals surface area contributed by atoms with Crippen LogP contribution >= 0.6 is 0 Å². The number of nitro benzene ring substituents is 1. The van der Waals surface area contributed by atoms with Crippen LogP contribution in [0.25, 0.3) is 0 Å². The van der Waals surface area contributed by atoms with E-state index in [4.69, 9.17) is 52.1 Å². The summed E-state index contributed by atoms with van der Waals surface area (Å²) in [5.74, 6) is -6.69. The van der Waals surface area contributed by atoms with Crippen LogP contribution in [0, 0.1) is 10.1 Å². The molecular weight excluding hydrogens is 718 g/mol. The van der Waals surface area contributed by atoms with Crippen LogP contribution in [0.5, 0.6) is 5.75 Å². The molecule has 3 rings (SSSR count). The summed E-state index contributed by atoms with van der Waals surface area (Å²) in [6, 6.07) is 5.10. The molecule has 53 heavy (non-hydrogen) atoms. The molecule has 0 aliphatic carbocycles. The van der Waals surface area contributed by atoms with Gasteiger partial charge in [0, 0.05) is 54.5 Å². The van der Waals surface area contributed by atoms with Crippen LogP contribution < -0.4 is 4.74 Å². The Morgan fingerprint density at radius 3 is 1.43 bits per heavy atom. The zero-order chi connectivity index (χ0) is 39.6. The van der Waals surface area contributed by atoms with Crippen molar-refractivity contribution in [2.45, 2.75) is 110 Å². The lowest BCUT2D eigenvalue weighted by atomic mass is 9.96. The van der Waals surface area contributed by atoms with Crippen molar-refractivity contribution in [1.82, 2.24) is 0 Å². The smallest absolute Gasteiger partial charge is 0.311 e. The van der Waals surface area contributed by atoms with Crippen LogP contribution in [0.2, 0.25) is 0 Å². The summed E-state index contributed by atoms with van der Waals surface area (Å²) in [4.78, 5) is 96.6. The molecule has 1 unspecified atom stereocenters. The number of ether oxygens (including phenoxy) is 11. The first kappa shape index (κ1) is 42.0. The molecule has 1 aromatic carbocycles. The number of benzene rings is 1. The summed E-state index contributed by atoms with van der Waals surface area (Å²) in [7, 11) is 0. The molecule has 0 N–H and O–H groups in total. The maximum atomic E-state index is 12.6. The fraction of sp³-hybridized carbons (Fsp3) is 0.594. The van der Waals surface area contributed by atoms with Gasteiger partial charge >= 0.3 is 47.5 Å². The number of hydrogen-bond donors (Lipinski definition) is 0. The molecule has 2 fully saturated rings. The van der Waals surface area contributed by atoms with E-state index in [1.807, 2.05) is 0 Å². The molecule has 0 radical (unpaired) electrons. The van der Waals surface area contributed by atoms with Crippen molar-refractivity contribution in [3.8, 4) is 5.75 Å². The SMILES string of the molecule is CC(=O)OC[C@H]1O[C@@H](Oc2ccccc2[N+](=O)[O-])[C@H](OC(C)=O)[C@@H](OC(C)=O)[C@@H]1OC1O[C@H](COC(C)=O)[C@@H](OC(C)=O)[C@H](OC(C)=O)[C@H]1OC(C)=O. The molecule has 0 amide bonds. The molecule has 21 nitrogen and oxygen atoms in total. The summed E-state index contributed by atoms with van der Waals surface area (Å²) >= 11 is 0. The predicted molar refractivity (Wildman–Crippen MR) is 167 cm³/mol. The second-order valence-electron chi connectivity index (χ2n) is 11.5. The van der Waals surface area contributed by atoms with Gasteiger partial charge < -0.3 is 52.1 Å². The summed E-state index contributed by atoms with van der Waals surface area (Å²) in [6.45, 7) is 5.84. The van der Waals surface area contributed by atoms with Gasteiger partial charge in [0.05, 0.1) is 4.92 Å². The van der Waals surface area contributed by atoms with Crippen molar-refractivity contribution in [3.05, 3.63) is 34.4 Å². The highest BCUT2D eigenvalue weighted by Crippen LogP contribution is 2.37. The molecule has 0 spiro atoms. The lowest BCUT2D eigenvalue weighted by Gasteiger charge is -2.48. The van der Waals surface area contributed by atoms with Crippen molar-refractivity contribution < 1.29 is 90.6 Å². The van der Waals surface area contributed by atoms with E-state index in [1.54, 1.807) is 0 Å². The third kappa shape index (κ3) is 12.1. The Hall–Kier alpha value is -5.41. The molecule has 10 atom stereocenters. The fourth-order valence-electron chi connectivity index (χ4n) is 5.40. The highest BCUT2D eigenvalue weighted by atomic mass is 16.8. The van der Waals surface area contributed by atoms with Crippen molar-refractivity contribution in [1.29, 1.82) is 0 Å². The highest BCUT2D eigenvalue weighted by Gasteiger charge is 2.58. The minimum Gasteiger partial charge on any atom is -0.463 e. The molecule has 0 bridgehead atoms. The number of esters is 7. The summed E-state index contributed by atoms with van der Waals surface area (Å²) < 4.78 is 61.7. The lowest BCUT2D eigenvalue weighted by molar-refractivity contribution is -0.387. The van der Waals surface area contributed by atoms with Crippen LogP contribution in [-0.4, -0.2) is 121 Å². The number of carbonyl (C=O) groups is 7. The Bertz CT molecular complexity index is 1550. The number of nitrogens with zero attached hydrogens (tertiary/aromatic N) is 1. The monoisotopic (exact) mass is 757 g/mol. The molecule has 2 saturated heterocycles. The van der Waals surface area contributed by atoms with E-state index in [1.165, 1.54) is 18.2 Å². The van der Waals surface area contributed by atoms with E-state index < -0.39 is 127 Å². The normalized spacial score (nSPS) is 27.9. The molecule has 21 heteroatoms. The summed E-state index contributed by atoms with van der Waals surface area (Å²) in [5.41, 5.74) is -0.519. The molecule has 0 saturated carbocycles. The zero-order valence-corrected chi connectivity index (χ0v) is 29.6. The number of nitro groups is 1. The number of para-hydroxylation sites is 2. The van der Waals surface area contributed by atoms with Gasteiger partial charge in [0.15, 0.2) is 36.5 Å². The molecule has 1 aromatic rings. The molecule has 2 heterocycles. The minimum absolute atomic E-state index is 0.355. The summed E-state index contributed by atoms with van der Waals surface area (Å²) in [5, 5.41) is 11.8. The van der Waals surface area contributed by atoms with Crippen LogP contribution in [0.1, 0.15) is 48.5 Å². The summed E-state index contributed by atoms with van der Waals surface area (Å²) in [6.07, 6.45) is -16.9. The van der Waals surface area contributed by atoms with E-state index in [2.05, 4.69) is 0 Å². The number of hydrogen-bond acceptors (Lipinski definition) is 20. The van der Waals surface area contributed by atoms with E-state index in [9.17, 15) is 43.7 Å². The van der Waals surface area contributed by atoms with Gasteiger partial charge in [0.1, 0.15) is 31.5 Å². The highest BCUT2D eigenvalue weighted by molar-refractivity contribution is 5.69. The maximum Gasteiger partial charge on any atom is 0.311 e. The average molecular weight is 758 g/mol. The third-order valence-corrected chi connectivity index (χ3v) is 7.19. The van der Waals surface area contributed by atoms with Gasteiger partial charge in [-0.05, 0) is 6.07 Å². The van der Waals surface area contributed by atoms with Crippen LogP contribution in [0.4, 0.5) is 5.69 Å². The second kappa shape index (κ2) is 18.9. The van der Waals surface area contributed by atoms with Gasteiger partial charge in [-0.3, -0.25) is 43.7 Å². The number of carbonyl (C=O) groups excluding carboxylic acids is 7. The Balaban J connectivity index is 2.20. The quantitative estimate of drug-likeness (QED) is 0.109. The Morgan fingerprint density at radius 1 is 0.566 bits per heavy atom. The molecule has 2 aliphatic rings. The van der Waals surface area contributed by atoms with Crippen molar-refractivity contribution in [3.63, 3.8) is 0 Å². The van der Waals surface area contributed by atoms with Gasteiger partial charge in [0.2, 0.25) is 12.4 Å². The zero-order valence-electron chi connectivity index (χ0n) is 29.6. The molecule has 2 aliphatic heterocycles. The van der Waals surface area contributed by atoms with Gasteiger partial charge in [-0.15, -0.1) is 0 Å². The number of rotatable bonds is 14. The Kier molecular flexibility index (Phi) is 15.0. The Labute approximate surface area is 301 Å². The standard InChI is InChI=1S/C32H39NO20/c1-14(34)43-12-23-25(45-16(3)36)27(46-17(4)37)30(49-20(7)40)32(52-23)53-26-24(13-44-15(2)35)51-31(29(48-19(6)39)28(26)47-18(5)38)50-22-11-9-8-10-21(22)33(41)42/h8-11,23-32H,12-13H2,1-7H3/t23-,24-,25-,26-,27+,28+,29-,30-,31-,32?/m1/s1. The van der Waals surface area contributed by atoms with Crippen molar-refractivity contribution in [2.75, 3.05) is 13.2 Å². The van der Waals surface area contributed by atoms with Crippen LogP contribution in [-0.2, 0) is 80.9 Å². The van der Waals surface area contributed by atoms with Crippen LogP contribution in [0.15, 0.2) is 24.3 Å². The first-order chi connectivity index (χ1) is 24.9. The first-order valence-electron chi connectivity index (χ1n) is 15.9. The van der Waals surface area contributed by atoms with Crippen molar-refractivity contribution in [2.24, 2.45) is 0 Å². The van der Waals surface area contributed by atoms with Gasteiger partial charge in [-0.25, -0.2) is 0 Å². The third-order valence-electron chi connectivity index (χ3n) is 7.19. The van der Waals surface area contributed by atoms with E-state index >= 15 is 0 Å². The van der Waals surface area contributed by atoms with E-state index in [-0.39, 0.29) is 5.75 Å². The lowest BCUT2D eigenvalue weighted by Crippen LogP contribution is -2.67. The van der Waals surface area contributed by atoms with Crippen molar-refractivity contribution >= 4 is 47.5 Å². The predicted octanol–water partition coefficient (Wildman–Crippen LogP) is 0.593. The Morgan fingerprint density at radius 2 is 0.962 bits per heavy atom. The average Bonchev–Trinajstić information content (AvgIpc) is 3.03. The maximum absolute atomic E-state index is 12.6. The van der Waals surface area contributed by atoms with Gasteiger partial charge in [-0.2, -0.15) is 0 Å². The minimum atomic E-state index is -1.88. The van der Waals surface area contributed by atoms with Gasteiger partial charge in [0.25, 0.3) is 0 Å². The molecule has 0 aromatic heterocycles. The second-order valence-corrected chi connectivity index (χ2v) is 11.5. The topological polar surface area (TPSA) is 264 Å². The molecule has 292 valence electrons. The fourth-order valence-corrected chi connectivity index (χ4v) is 5.40.